The fourth-order valence-corrected chi connectivity index (χ4v) is 3.56. The Hall–Kier alpha value is -1.05. The van der Waals surface area contributed by atoms with Crippen molar-refractivity contribution in [3.63, 3.8) is 0 Å². The predicted molar refractivity (Wildman–Crippen MR) is 87.6 cm³/mol. The van der Waals surface area contributed by atoms with Crippen molar-refractivity contribution in [3.8, 4) is 0 Å². The van der Waals surface area contributed by atoms with Crippen molar-refractivity contribution < 1.29 is 8.76 Å². The van der Waals surface area contributed by atoms with Gasteiger partial charge in [0.1, 0.15) is 11.6 Å². The van der Waals surface area contributed by atoms with E-state index in [-0.39, 0.29) is 5.75 Å². The standard InChI is InChI=1S/C15H24N4O2S/c20-22(21)10-9-17-15-12-3-1-2-4-13(12)18-14(19-15)11-5-7-16-8-6-11/h11,16H,1-10H2,(H,20,21)(H,17,18,19). The number of hydrogen-bond acceptors (Lipinski definition) is 5. The average Bonchev–Trinajstić information content (AvgIpc) is 2.55. The Bertz CT molecular complexity index is 547. The summed E-state index contributed by atoms with van der Waals surface area (Å²) in [5, 5.41) is 6.64. The maximum Gasteiger partial charge on any atom is 0.154 e. The number of hydrogen-bond donors (Lipinski definition) is 3. The molecule has 0 saturated carbocycles. The molecule has 2 heterocycles. The van der Waals surface area contributed by atoms with Crippen LogP contribution in [0.4, 0.5) is 5.82 Å². The number of piperidine rings is 1. The Kier molecular flexibility index (Phi) is 5.38. The summed E-state index contributed by atoms with van der Waals surface area (Å²) < 4.78 is 19.7. The number of fused-ring (bicyclic) bond motifs is 1. The number of aromatic nitrogens is 2. The minimum Gasteiger partial charge on any atom is -0.369 e. The third kappa shape index (κ3) is 3.83. The van der Waals surface area contributed by atoms with Gasteiger partial charge >= 0.3 is 0 Å². The van der Waals surface area contributed by atoms with Crippen LogP contribution in [-0.2, 0) is 23.9 Å². The molecule has 22 heavy (non-hydrogen) atoms. The van der Waals surface area contributed by atoms with E-state index in [0.29, 0.717) is 12.5 Å². The lowest BCUT2D eigenvalue weighted by molar-refractivity contribution is 0.442. The largest absolute Gasteiger partial charge is 0.369 e. The van der Waals surface area contributed by atoms with Crippen LogP contribution in [0.25, 0.3) is 0 Å². The van der Waals surface area contributed by atoms with Crippen LogP contribution in [-0.4, -0.2) is 44.1 Å². The number of nitrogens with one attached hydrogen (secondary N) is 2. The van der Waals surface area contributed by atoms with Crippen molar-refractivity contribution in [2.24, 2.45) is 0 Å². The fraction of sp³-hybridized carbons (Fsp3) is 0.733. The minimum absolute atomic E-state index is 0.224. The molecule has 0 amide bonds. The molecule has 1 saturated heterocycles. The van der Waals surface area contributed by atoms with Crippen LogP contribution in [0.2, 0.25) is 0 Å². The van der Waals surface area contributed by atoms with Gasteiger partial charge in [-0.25, -0.2) is 14.2 Å². The van der Waals surface area contributed by atoms with E-state index in [1.165, 1.54) is 24.1 Å². The molecule has 1 aromatic rings. The van der Waals surface area contributed by atoms with Crippen molar-refractivity contribution in [1.29, 1.82) is 0 Å². The number of aryl methyl sites for hydroxylation is 1. The van der Waals surface area contributed by atoms with E-state index < -0.39 is 11.1 Å². The second-order valence-electron chi connectivity index (χ2n) is 6.04. The van der Waals surface area contributed by atoms with Gasteiger partial charge in [0.05, 0.1) is 5.75 Å². The minimum atomic E-state index is -1.76. The maximum absolute atomic E-state index is 10.8. The smallest absolute Gasteiger partial charge is 0.154 e. The summed E-state index contributed by atoms with van der Waals surface area (Å²) in [5.74, 6) is 2.50. The van der Waals surface area contributed by atoms with E-state index in [1.54, 1.807) is 0 Å². The third-order valence-electron chi connectivity index (χ3n) is 4.47. The van der Waals surface area contributed by atoms with E-state index in [1.807, 2.05) is 0 Å². The quantitative estimate of drug-likeness (QED) is 0.711. The van der Waals surface area contributed by atoms with Gasteiger partial charge in [0.15, 0.2) is 11.1 Å². The van der Waals surface area contributed by atoms with E-state index >= 15 is 0 Å². The van der Waals surface area contributed by atoms with E-state index in [4.69, 9.17) is 14.5 Å². The van der Waals surface area contributed by atoms with Gasteiger partial charge in [0.25, 0.3) is 0 Å². The van der Waals surface area contributed by atoms with Crippen molar-refractivity contribution in [1.82, 2.24) is 15.3 Å². The Labute approximate surface area is 133 Å². The lowest BCUT2D eigenvalue weighted by Crippen LogP contribution is -2.28. The zero-order valence-electron chi connectivity index (χ0n) is 12.8. The monoisotopic (exact) mass is 324 g/mol. The molecule has 3 rings (SSSR count). The summed E-state index contributed by atoms with van der Waals surface area (Å²) in [6.07, 6.45) is 6.56. The molecule has 122 valence electrons. The van der Waals surface area contributed by atoms with Gasteiger partial charge in [-0.3, -0.25) is 0 Å². The van der Waals surface area contributed by atoms with Crippen molar-refractivity contribution in [2.45, 2.75) is 44.4 Å². The zero-order valence-corrected chi connectivity index (χ0v) is 13.6. The normalized spacial score (nSPS) is 20.4. The molecule has 3 N–H and O–H groups in total. The summed E-state index contributed by atoms with van der Waals surface area (Å²) >= 11 is -1.76. The summed E-state index contributed by atoms with van der Waals surface area (Å²) in [6.45, 7) is 2.52. The predicted octanol–water partition coefficient (Wildman–Crippen LogP) is 1.46. The first-order valence-electron chi connectivity index (χ1n) is 8.16. The molecule has 1 aromatic heterocycles. The van der Waals surface area contributed by atoms with Crippen LogP contribution < -0.4 is 10.6 Å². The second-order valence-corrected chi connectivity index (χ2v) is 7.09. The van der Waals surface area contributed by atoms with Crippen molar-refractivity contribution in [2.75, 3.05) is 30.7 Å². The van der Waals surface area contributed by atoms with Crippen LogP contribution in [0.1, 0.15) is 48.7 Å². The molecule has 1 aliphatic heterocycles. The molecule has 1 unspecified atom stereocenters. The topological polar surface area (TPSA) is 87.1 Å². The number of nitrogens with zero attached hydrogens (tertiary/aromatic N) is 2. The molecular weight excluding hydrogens is 300 g/mol. The molecule has 6 nitrogen and oxygen atoms in total. The summed E-state index contributed by atoms with van der Waals surface area (Å²) in [7, 11) is 0. The Balaban J connectivity index is 1.83. The fourth-order valence-electron chi connectivity index (χ4n) is 3.28. The molecule has 0 spiro atoms. The first-order chi connectivity index (χ1) is 10.7. The van der Waals surface area contributed by atoms with Gasteiger partial charge < -0.3 is 15.2 Å². The summed E-state index contributed by atoms with van der Waals surface area (Å²) in [6, 6.07) is 0. The van der Waals surface area contributed by atoms with Gasteiger partial charge in [-0.2, -0.15) is 0 Å². The highest BCUT2D eigenvalue weighted by molar-refractivity contribution is 7.79. The first-order valence-corrected chi connectivity index (χ1v) is 9.43. The Morgan fingerprint density at radius 2 is 2.00 bits per heavy atom. The highest BCUT2D eigenvalue weighted by Gasteiger charge is 2.23. The SMILES string of the molecule is O=S(O)CCNc1nc(C2CCNCC2)nc2c1CCCC2. The highest BCUT2D eigenvalue weighted by atomic mass is 32.2. The molecule has 1 fully saturated rings. The van der Waals surface area contributed by atoms with Crippen molar-refractivity contribution in [3.05, 3.63) is 17.1 Å². The van der Waals surface area contributed by atoms with Crippen LogP contribution in [0.5, 0.6) is 0 Å². The van der Waals surface area contributed by atoms with Crippen LogP contribution in [0, 0.1) is 0 Å². The lowest BCUT2D eigenvalue weighted by atomic mass is 9.93. The van der Waals surface area contributed by atoms with Gasteiger partial charge in [-0.15, -0.1) is 0 Å². The van der Waals surface area contributed by atoms with Crippen molar-refractivity contribution >= 4 is 16.9 Å². The van der Waals surface area contributed by atoms with E-state index in [9.17, 15) is 4.21 Å². The number of rotatable bonds is 5. The molecule has 1 aliphatic carbocycles. The average molecular weight is 324 g/mol. The highest BCUT2D eigenvalue weighted by Crippen LogP contribution is 2.29. The molecule has 7 heteroatoms. The molecule has 0 bridgehead atoms. The van der Waals surface area contributed by atoms with E-state index in [2.05, 4.69) is 10.6 Å². The maximum atomic E-state index is 10.8. The zero-order chi connectivity index (χ0) is 15.4. The van der Waals surface area contributed by atoms with Crippen LogP contribution in [0.3, 0.4) is 0 Å². The molecule has 0 aromatic carbocycles. The Morgan fingerprint density at radius 1 is 1.23 bits per heavy atom. The molecule has 2 aliphatic rings. The summed E-state index contributed by atoms with van der Waals surface area (Å²) in [5.41, 5.74) is 2.40. The molecule has 1 atom stereocenters. The van der Waals surface area contributed by atoms with Crippen LogP contribution in [0.15, 0.2) is 0 Å². The van der Waals surface area contributed by atoms with E-state index in [0.717, 1.165) is 50.4 Å². The summed E-state index contributed by atoms with van der Waals surface area (Å²) in [4.78, 5) is 9.63. The first kappa shape index (κ1) is 15.8. The lowest BCUT2D eigenvalue weighted by Gasteiger charge is -2.25. The van der Waals surface area contributed by atoms with Gasteiger partial charge in [0, 0.05) is 23.7 Å². The Morgan fingerprint density at radius 3 is 2.77 bits per heavy atom. The number of anilines is 1. The third-order valence-corrected chi connectivity index (χ3v) is 5.03. The molecule has 0 radical (unpaired) electrons. The van der Waals surface area contributed by atoms with Crippen LogP contribution >= 0.6 is 0 Å². The van der Waals surface area contributed by atoms with Gasteiger partial charge in [-0.1, -0.05) is 0 Å². The van der Waals surface area contributed by atoms with Gasteiger partial charge in [0.2, 0.25) is 0 Å². The molecular formula is C15H24N4O2S. The van der Waals surface area contributed by atoms with Gasteiger partial charge in [-0.05, 0) is 51.6 Å². The second kappa shape index (κ2) is 7.48.